The second kappa shape index (κ2) is 6.72. The zero-order valence-corrected chi connectivity index (χ0v) is 12.0. The number of nitrogens with one attached hydrogen (secondary N) is 1. The lowest BCUT2D eigenvalue weighted by Crippen LogP contribution is -2.48. The van der Waals surface area contributed by atoms with E-state index in [2.05, 4.69) is 37.9 Å². The first-order chi connectivity index (χ1) is 7.94. The van der Waals surface area contributed by atoms with Gasteiger partial charge >= 0.3 is 0 Å². The van der Waals surface area contributed by atoms with Crippen LogP contribution in [0.3, 0.4) is 0 Å². The van der Waals surface area contributed by atoms with Crippen molar-refractivity contribution in [3.8, 4) is 0 Å². The minimum atomic E-state index is -0.136. The van der Waals surface area contributed by atoms with Crippen molar-refractivity contribution in [3.63, 3.8) is 0 Å². The second-order valence-electron chi connectivity index (χ2n) is 6.41. The Labute approximate surface area is 107 Å². The van der Waals surface area contributed by atoms with Gasteiger partial charge in [0.15, 0.2) is 0 Å². The average molecular weight is 242 g/mol. The molecule has 17 heavy (non-hydrogen) atoms. The summed E-state index contributed by atoms with van der Waals surface area (Å²) in [6.07, 6.45) is 2.18. The molecule has 0 amide bonds. The molecule has 3 nitrogen and oxygen atoms in total. The molecule has 1 aliphatic rings. The Morgan fingerprint density at radius 2 is 2.12 bits per heavy atom. The van der Waals surface area contributed by atoms with Crippen LogP contribution in [0.25, 0.3) is 0 Å². The van der Waals surface area contributed by atoms with Crippen molar-refractivity contribution < 1.29 is 5.11 Å². The highest BCUT2D eigenvalue weighted by Gasteiger charge is 2.28. The normalized spacial score (nSPS) is 27.4. The summed E-state index contributed by atoms with van der Waals surface area (Å²) in [6.45, 7) is 14.2. The molecule has 1 heterocycles. The van der Waals surface area contributed by atoms with Gasteiger partial charge in [-0.05, 0) is 37.3 Å². The molecule has 102 valence electrons. The van der Waals surface area contributed by atoms with Gasteiger partial charge in [-0.15, -0.1) is 0 Å². The van der Waals surface area contributed by atoms with Gasteiger partial charge in [0.2, 0.25) is 0 Å². The lowest BCUT2D eigenvalue weighted by molar-refractivity contribution is 0.0146. The van der Waals surface area contributed by atoms with Crippen LogP contribution in [0.15, 0.2) is 0 Å². The number of piperidine rings is 1. The molecule has 0 aromatic heterocycles. The first-order valence-electron chi connectivity index (χ1n) is 7.06. The predicted octanol–water partition coefficient (Wildman–Crippen LogP) is 1.71. The van der Waals surface area contributed by atoms with Crippen LogP contribution in [0.4, 0.5) is 0 Å². The number of aliphatic hydroxyl groups excluding tert-OH is 1. The molecule has 0 aromatic carbocycles. The summed E-state index contributed by atoms with van der Waals surface area (Å²) in [7, 11) is 0. The Morgan fingerprint density at radius 1 is 1.41 bits per heavy atom. The van der Waals surface area contributed by atoms with Crippen molar-refractivity contribution in [2.45, 2.75) is 46.6 Å². The third-order valence-corrected chi connectivity index (χ3v) is 3.68. The van der Waals surface area contributed by atoms with E-state index in [9.17, 15) is 5.11 Å². The summed E-state index contributed by atoms with van der Waals surface area (Å²) in [5, 5.41) is 13.4. The minimum absolute atomic E-state index is 0.136. The molecule has 0 spiro atoms. The fraction of sp³-hybridized carbons (Fsp3) is 1.00. The molecule has 1 fully saturated rings. The predicted molar refractivity (Wildman–Crippen MR) is 73.2 cm³/mol. The molecule has 2 atom stereocenters. The highest BCUT2D eigenvalue weighted by Crippen LogP contribution is 2.22. The molecule has 0 bridgehead atoms. The van der Waals surface area contributed by atoms with E-state index in [1.54, 1.807) is 0 Å². The molecule has 1 saturated heterocycles. The Kier molecular flexibility index (Phi) is 5.90. The van der Waals surface area contributed by atoms with E-state index in [1.807, 2.05) is 0 Å². The van der Waals surface area contributed by atoms with E-state index in [1.165, 1.54) is 6.42 Å². The first-order valence-corrected chi connectivity index (χ1v) is 7.06. The van der Waals surface area contributed by atoms with Crippen LogP contribution in [0.5, 0.6) is 0 Å². The van der Waals surface area contributed by atoms with Crippen molar-refractivity contribution in [2.75, 3.05) is 32.7 Å². The molecule has 0 saturated carbocycles. The van der Waals surface area contributed by atoms with E-state index < -0.39 is 0 Å². The van der Waals surface area contributed by atoms with E-state index in [-0.39, 0.29) is 11.5 Å². The molecule has 3 heteroatoms. The van der Waals surface area contributed by atoms with Gasteiger partial charge in [-0.2, -0.15) is 0 Å². The summed E-state index contributed by atoms with van der Waals surface area (Å²) in [5.74, 6) is 0.465. The van der Waals surface area contributed by atoms with Crippen molar-refractivity contribution >= 4 is 0 Å². The van der Waals surface area contributed by atoms with Crippen molar-refractivity contribution in [2.24, 2.45) is 11.3 Å². The summed E-state index contributed by atoms with van der Waals surface area (Å²) in [4.78, 5) is 2.41. The quantitative estimate of drug-likeness (QED) is 0.696. The maximum atomic E-state index is 9.90. The number of hydrogen-bond acceptors (Lipinski definition) is 3. The van der Waals surface area contributed by atoms with Crippen molar-refractivity contribution in [3.05, 3.63) is 0 Å². The van der Waals surface area contributed by atoms with Gasteiger partial charge in [0.1, 0.15) is 0 Å². The fourth-order valence-electron chi connectivity index (χ4n) is 2.52. The van der Waals surface area contributed by atoms with Crippen LogP contribution in [-0.4, -0.2) is 48.8 Å². The number of β-amino-alcohol motifs (C(OH)–C–C–N with tert-alkyl or cyclic N) is 1. The van der Waals surface area contributed by atoms with Gasteiger partial charge < -0.3 is 15.3 Å². The number of aliphatic hydroxyl groups is 1. The Bertz CT molecular complexity index is 218. The summed E-state index contributed by atoms with van der Waals surface area (Å²) >= 11 is 0. The molecule has 0 radical (unpaired) electrons. The topological polar surface area (TPSA) is 35.5 Å². The minimum Gasteiger partial charge on any atom is -0.392 e. The summed E-state index contributed by atoms with van der Waals surface area (Å²) in [6, 6.07) is 0. The number of nitrogens with zero attached hydrogens (tertiary/aromatic N) is 1. The lowest BCUT2D eigenvalue weighted by Gasteiger charge is -2.39. The van der Waals surface area contributed by atoms with Crippen LogP contribution >= 0.6 is 0 Å². The molecular formula is C14H30N2O. The van der Waals surface area contributed by atoms with Crippen molar-refractivity contribution in [1.29, 1.82) is 0 Å². The van der Waals surface area contributed by atoms with E-state index in [0.29, 0.717) is 5.92 Å². The number of likely N-dealkylation sites (tertiary alicyclic amines) is 1. The first kappa shape index (κ1) is 14.9. The molecule has 0 aliphatic carbocycles. The molecular weight excluding hydrogens is 212 g/mol. The third kappa shape index (κ3) is 5.36. The highest BCUT2D eigenvalue weighted by atomic mass is 16.3. The maximum Gasteiger partial charge on any atom is 0.0693 e. The third-order valence-electron chi connectivity index (χ3n) is 3.68. The molecule has 1 rings (SSSR count). The smallest absolute Gasteiger partial charge is 0.0693 e. The number of hydrogen-bond donors (Lipinski definition) is 2. The van der Waals surface area contributed by atoms with Crippen LogP contribution < -0.4 is 5.32 Å². The molecule has 1 aliphatic heterocycles. The van der Waals surface area contributed by atoms with E-state index >= 15 is 0 Å². The van der Waals surface area contributed by atoms with E-state index in [4.69, 9.17) is 0 Å². The van der Waals surface area contributed by atoms with Gasteiger partial charge in [0.25, 0.3) is 0 Å². The SMILES string of the molecule is CCCNCC(C)(C)CN1CCC(C)C(O)C1. The standard InChI is InChI=1S/C14H30N2O/c1-5-7-15-10-14(3,4)11-16-8-6-12(2)13(17)9-16/h12-13,15,17H,5-11H2,1-4H3. The zero-order valence-electron chi connectivity index (χ0n) is 12.0. The highest BCUT2D eigenvalue weighted by molar-refractivity contribution is 4.82. The maximum absolute atomic E-state index is 9.90. The largest absolute Gasteiger partial charge is 0.392 e. The van der Waals surface area contributed by atoms with Gasteiger partial charge in [0, 0.05) is 19.6 Å². The summed E-state index contributed by atoms with van der Waals surface area (Å²) < 4.78 is 0. The molecule has 2 N–H and O–H groups in total. The van der Waals surface area contributed by atoms with Crippen LogP contribution in [-0.2, 0) is 0 Å². The van der Waals surface area contributed by atoms with E-state index in [0.717, 1.165) is 39.1 Å². The molecule has 2 unspecified atom stereocenters. The van der Waals surface area contributed by atoms with Gasteiger partial charge in [0.05, 0.1) is 6.10 Å². The zero-order chi connectivity index (χ0) is 12.9. The second-order valence-corrected chi connectivity index (χ2v) is 6.41. The summed E-state index contributed by atoms with van der Waals surface area (Å²) in [5.41, 5.74) is 0.287. The lowest BCUT2D eigenvalue weighted by atomic mass is 9.89. The van der Waals surface area contributed by atoms with Crippen LogP contribution in [0, 0.1) is 11.3 Å². The van der Waals surface area contributed by atoms with Gasteiger partial charge in [-0.25, -0.2) is 0 Å². The van der Waals surface area contributed by atoms with Crippen LogP contribution in [0.2, 0.25) is 0 Å². The Morgan fingerprint density at radius 3 is 2.71 bits per heavy atom. The van der Waals surface area contributed by atoms with Gasteiger partial charge in [-0.1, -0.05) is 27.7 Å². The number of rotatable bonds is 6. The Balaban J connectivity index is 2.31. The Hall–Kier alpha value is -0.120. The average Bonchev–Trinajstić information content (AvgIpc) is 2.23. The monoisotopic (exact) mass is 242 g/mol. The fourth-order valence-corrected chi connectivity index (χ4v) is 2.52. The molecule has 0 aromatic rings. The van der Waals surface area contributed by atoms with Crippen LogP contribution in [0.1, 0.15) is 40.5 Å². The van der Waals surface area contributed by atoms with Crippen molar-refractivity contribution in [1.82, 2.24) is 10.2 Å². The van der Waals surface area contributed by atoms with Gasteiger partial charge in [-0.3, -0.25) is 0 Å².